The fourth-order valence-electron chi connectivity index (χ4n) is 2.50. The summed E-state index contributed by atoms with van der Waals surface area (Å²) in [4.78, 5) is 25.5. The molecule has 5 nitrogen and oxygen atoms in total. The Morgan fingerprint density at radius 1 is 1.43 bits per heavy atom. The minimum atomic E-state index is -0.420. The average molecular weight is 309 g/mol. The monoisotopic (exact) mass is 308 g/mol. The normalized spacial score (nSPS) is 22.0. The van der Waals surface area contributed by atoms with Gasteiger partial charge in [-0.05, 0) is 31.0 Å². The highest BCUT2D eigenvalue weighted by Gasteiger charge is 2.34. The molecule has 1 saturated heterocycles. The van der Waals surface area contributed by atoms with Crippen LogP contribution in [0.4, 0.5) is 5.69 Å². The molecule has 6 heteroatoms. The lowest BCUT2D eigenvalue weighted by Gasteiger charge is -2.37. The number of hydrogen-bond acceptors (Lipinski definition) is 4. The summed E-state index contributed by atoms with van der Waals surface area (Å²) in [5, 5.41) is 3.54. The van der Waals surface area contributed by atoms with Crippen LogP contribution in [-0.2, 0) is 9.53 Å². The molecule has 1 aliphatic carbocycles. The molecule has 1 saturated carbocycles. The van der Waals surface area contributed by atoms with Crippen LogP contribution in [0.25, 0.3) is 0 Å². The van der Waals surface area contributed by atoms with Gasteiger partial charge in [0.05, 0.1) is 13.2 Å². The topological polar surface area (TPSA) is 58.6 Å². The third kappa shape index (κ3) is 3.19. The molecular weight excluding hydrogens is 292 g/mol. The van der Waals surface area contributed by atoms with E-state index in [0.29, 0.717) is 42.1 Å². The summed E-state index contributed by atoms with van der Waals surface area (Å²) in [7, 11) is 0. The highest BCUT2D eigenvalue weighted by Crippen LogP contribution is 2.27. The number of carbonyl (C=O) groups excluding carboxylic acids is 2. The van der Waals surface area contributed by atoms with E-state index >= 15 is 0 Å². The molecule has 1 heterocycles. The molecule has 112 valence electrons. The van der Waals surface area contributed by atoms with Crippen LogP contribution < -0.4 is 10.2 Å². The smallest absolute Gasteiger partial charge is 0.245 e. The van der Waals surface area contributed by atoms with Crippen molar-refractivity contribution in [2.24, 2.45) is 0 Å². The maximum absolute atomic E-state index is 12.4. The van der Waals surface area contributed by atoms with Crippen molar-refractivity contribution in [2.75, 3.05) is 24.7 Å². The third-order valence-electron chi connectivity index (χ3n) is 3.78. The molecule has 1 atom stereocenters. The molecule has 2 fully saturated rings. The number of amides is 1. The standard InChI is InChI=1S/C15H17ClN2O3/c16-11-2-1-10(8-19)13(7-11)18-5-6-21-9-14(18)15(20)17-12-3-4-12/h1-2,7-8,12,14H,3-6,9H2,(H,17,20). The van der Waals surface area contributed by atoms with Gasteiger partial charge in [0.15, 0.2) is 6.29 Å². The van der Waals surface area contributed by atoms with Crippen LogP contribution in [0.3, 0.4) is 0 Å². The number of ether oxygens (including phenoxy) is 1. The van der Waals surface area contributed by atoms with Crippen LogP contribution in [0, 0.1) is 0 Å². The van der Waals surface area contributed by atoms with Gasteiger partial charge in [0.2, 0.25) is 5.91 Å². The van der Waals surface area contributed by atoms with Gasteiger partial charge in [-0.1, -0.05) is 11.6 Å². The van der Waals surface area contributed by atoms with Crippen molar-refractivity contribution < 1.29 is 14.3 Å². The number of carbonyl (C=O) groups is 2. The van der Waals surface area contributed by atoms with Gasteiger partial charge < -0.3 is 15.0 Å². The molecule has 1 aromatic carbocycles. The highest BCUT2D eigenvalue weighted by atomic mass is 35.5. The van der Waals surface area contributed by atoms with Crippen molar-refractivity contribution in [3.05, 3.63) is 28.8 Å². The van der Waals surface area contributed by atoms with Crippen molar-refractivity contribution in [1.29, 1.82) is 0 Å². The zero-order chi connectivity index (χ0) is 14.8. The summed E-state index contributed by atoms with van der Waals surface area (Å²) >= 11 is 6.04. The first-order valence-corrected chi connectivity index (χ1v) is 7.46. The van der Waals surface area contributed by atoms with Crippen LogP contribution in [-0.4, -0.2) is 44.0 Å². The van der Waals surface area contributed by atoms with E-state index in [0.717, 1.165) is 19.1 Å². The Hall–Kier alpha value is -1.59. The first kappa shape index (κ1) is 14.4. The van der Waals surface area contributed by atoms with E-state index in [4.69, 9.17) is 16.3 Å². The van der Waals surface area contributed by atoms with Gasteiger partial charge in [0.1, 0.15) is 6.04 Å². The van der Waals surface area contributed by atoms with Crippen molar-refractivity contribution in [3.63, 3.8) is 0 Å². The molecule has 1 amide bonds. The van der Waals surface area contributed by atoms with Gasteiger partial charge in [0.25, 0.3) is 0 Å². The van der Waals surface area contributed by atoms with Gasteiger partial charge in [0, 0.05) is 28.9 Å². The van der Waals surface area contributed by atoms with Crippen LogP contribution in [0.15, 0.2) is 18.2 Å². The SMILES string of the molecule is O=Cc1ccc(Cl)cc1N1CCOCC1C(=O)NC1CC1. The zero-order valence-corrected chi connectivity index (χ0v) is 12.3. The van der Waals surface area contributed by atoms with Crippen molar-refractivity contribution >= 4 is 29.5 Å². The second-order valence-corrected chi connectivity index (χ2v) is 5.82. The number of benzene rings is 1. The summed E-state index contributed by atoms with van der Waals surface area (Å²) in [6, 6.07) is 4.96. The molecule has 0 spiro atoms. The molecular formula is C15H17ClN2O3. The number of halogens is 1. The second-order valence-electron chi connectivity index (χ2n) is 5.39. The summed E-state index contributed by atoms with van der Waals surface area (Å²) in [5.74, 6) is -0.0472. The van der Waals surface area contributed by atoms with Crippen molar-refractivity contribution in [1.82, 2.24) is 5.32 Å². The molecule has 1 unspecified atom stereocenters. The van der Waals surface area contributed by atoms with E-state index in [1.165, 1.54) is 0 Å². The van der Waals surface area contributed by atoms with Gasteiger partial charge in [-0.2, -0.15) is 0 Å². The summed E-state index contributed by atoms with van der Waals surface area (Å²) in [5.41, 5.74) is 1.22. The summed E-state index contributed by atoms with van der Waals surface area (Å²) in [6.45, 7) is 1.41. The number of anilines is 1. The molecule has 0 bridgehead atoms. The lowest BCUT2D eigenvalue weighted by Crippen LogP contribution is -2.54. The minimum absolute atomic E-state index is 0.0472. The summed E-state index contributed by atoms with van der Waals surface area (Å²) < 4.78 is 5.44. The predicted octanol–water partition coefficient (Wildman–Crippen LogP) is 1.64. The minimum Gasteiger partial charge on any atom is -0.377 e. The lowest BCUT2D eigenvalue weighted by atomic mass is 10.1. The molecule has 1 N–H and O–H groups in total. The van der Waals surface area contributed by atoms with Crippen LogP contribution >= 0.6 is 11.6 Å². The third-order valence-corrected chi connectivity index (χ3v) is 4.02. The lowest BCUT2D eigenvalue weighted by molar-refractivity contribution is -0.124. The van der Waals surface area contributed by atoms with Crippen LogP contribution in [0.5, 0.6) is 0 Å². The van der Waals surface area contributed by atoms with E-state index in [9.17, 15) is 9.59 Å². The Labute approximate surface area is 128 Å². The number of nitrogens with one attached hydrogen (secondary N) is 1. The number of hydrogen-bond donors (Lipinski definition) is 1. The fraction of sp³-hybridized carbons (Fsp3) is 0.467. The van der Waals surface area contributed by atoms with Gasteiger partial charge in [-0.25, -0.2) is 0 Å². The van der Waals surface area contributed by atoms with E-state index in [-0.39, 0.29) is 5.91 Å². The number of nitrogens with zero attached hydrogens (tertiary/aromatic N) is 1. The molecule has 0 radical (unpaired) electrons. The Morgan fingerprint density at radius 3 is 2.95 bits per heavy atom. The van der Waals surface area contributed by atoms with Gasteiger partial charge in [-0.15, -0.1) is 0 Å². The first-order chi connectivity index (χ1) is 10.2. The maximum atomic E-state index is 12.4. The molecule has 1 aliphatic heterocycles. The van der Waals surface area contributed by atoms with E-state index < -0.39 is 6.04 Å². The molecule has 21 heavy (non-hydrogen) atoms. The zero-order valence-electron chi connectivity index (χ0n) is 11.5. The Kier molecular flexibility index (Phi) is 4.12. The van der Waals surface area contributed by atoms with Crippen LogP contribution in [0.2, 0.25) is 5.02 Å². The number of morpholine rings is 1. The number of rotatable bonds is 4. The largest absolute Gasteiger partial charge is 0.377 e. The second kappa shape index (κ2) is 6.03. The van der Waals surface area contributed by atoms with Gasteiger partial charge in [-0.3, -0.25) is 9.59 Å². The first-order valence-electron chi connectivity index (χ1n) is 7.08. The quantitative estimate of drug-likeness (QED) is 0.859. The van der Waals surface area contributed by atoms with Crippen LogP contribution in [0.1, 0.15) is 23.2 Å². The molecule has 1 aromatic rings. The predicted molar refractivity (Wildman–Crippen MR) is 80.0 cm³/mol. The maximum Gasteiger partial charge on any atom is 0.245 e. The fourth-order valence-corrected chi connectivity index (χ4v) is 2.67. The molecule has 0 aromatic heterocycles. The highest BCUT2D eigenvalue weighted by molar-refractivity contribution is 6.31. The van der Waals surface area contributed by atoms with E-state index in [2.05, 4.69) is 5.32 Å². The average Bonchev–Trinajstić information content (AvgIpc) is 3.31. The van der Waals surface area contributed by atoms with Gasteiger partial charge >= 0.3 is 0 Å². The van der Waals surface area contributed by atoms with Crippen molar-refractivity contribution in [2.45, 2.75) is 24.9 Å². The molecule has 2 aliphatic rings. The van der Waals surface area contributed by atoms with E-state index in [1.807, 2.05) is 4.90 Å². The Balaban J connectivity index is 1.87. The Bertz CT molecular complexity index is 560. The Morgan fingerprint density at radius 2 is 2.24 bits per heavy atom. The van der Waals surface area contributed by atoms with Crippen molar-refractivity contribution in [3.8, 4) is 0 Å². The number of aldehydes is 1. The molecule has 3 rings (SSSR count). The van der Waals surface area contributed by atoms with E-state index in [1.54, 1.807) is 18.2 Å². The summed E-state index contributed by atoms with van der Waals surface area (Å²) in [6.07, 6.45) is 2.86.